The third-order valence-corrected chi connectivity index (χ3v) is 3.64. The second-order valence-corrected chi connectivity index (χ2v) is 5.24. The molecule has 2 aromatic rings. The van der Waals surface area contributed by atoms with Crippen molar-refractivity contribution in [2.45, 2.75) is 32.4 Å². The molecular formula is C16H19NO. The molecule has 18 heavy (non-hydrogen) atoms. The molecule has 3 rings (SSSR count). The van der Waals surface area contributed by atoms with Gasteiger partial charge in [0.05, 0.1) is 12.5 Å². The third kappa shape index (κ3) is 2.65. The summed E-state index contributed by atoms with van der Waals surface area (Å²) in [5.74, 6) is 0.805. The highest BCUT2D eigenvalue weighted by molar-refractivity contribution is 5.25. The summed E-state index contributed by atoms with van der Waals surface area (Å²) in [7, 11) is 0. The summed E-state index contributed by atoms with van der Waals surface area (Å²) in [4.78, 5) is 0. The molecule has 0 aliphatic heterocycles. The van der Waals surface area contributed by atoms with E-state index in [1.54, 1.807) is 6.26 Å². The van der Waals surface area contributed by atoms with Gasteiger partial charge < -0.3 is 9.73 Å². The van der Waals surface area contributed by atoms with Crippen LogP contribution in [0, 0.1) is 12.8 Å². The lowest BCUT2D eigenvalue weighted by atomic mass is 10.0. The zero-order valence-corrected chi connectivity index (χ0v) is 10.7. The summed E-state index contributed by atoms with van der Waals surface area (Å²) in [5.41, 5.74) is 3.95. The molecule has 1 unspecified atom stereocenters. The van der Waals surface area contributed by atoms with Crippen molar-refractivity contribution in [3.8, 4) is 0 Å². The quantitative estimate of drug-likeness (QED) is 0.860. The average Bonchev–Trinajstić information content (AvgIpc) is 3.08. The van der Waals surface area contributed by atoms with Crippen molar-refractivity contribution in [1.29, 1.82) is 0 Å². The number of nitrogens with one attached hydrogen (secondary N) is 1. The maximum absolute atomic E-state index is 5.10. The van der Waals surface area contributed by atoms with Crippen molar-refractivity contribution in [3.05, 3.63) is 59.5 Å². The predicted octanol–water partition coefficient (Wildman–Crippen LogP) is 3.83. The van der Waals surface area contributed by atoms with E-state index >= 15 is 0 Å². The molecule has 94 valence electrons. The minimum atomic E-state index is 0.487. The second kappa shape index (κ2) is 4.99. The number of hydrogen-bond acceptors (Lipinski definition) is 2. The molecule has 1 N–H and O–H groups in total. The van der Waals surface area contributed by atoms with E-state index in [-0.39, 0.29) is 0 Å². The van der Waals surface area contributed by atoms with Crippen molar-refractivity contribution in [3.63, 3.8) is 0 Å². The summed E-state index contributed by atoms with van der Waals surface area (Å²) in [6.07, 6.45) is 6.23. The van der Waals surface area contributed by atoms with Crippen LogP contribution in [0.5, 0.6) is 0 Å². The Morgan fingerprint density at radius 1 is 1.22 bits per heavy atom. The second-order valence-electron chi connectivity index (χ2n) is 5.24. The first kappa shape index (κ1) is 11.5. The molecule has 1 aliphatic carbocycles. The van der Waals surface area contributed by atoms with Crippen LogP contribution in [-0.2, 0) is 6.54 Å². The molecular weight excluding hydrogens is 222 g/mol. The van der Waals surface area contributed by atoms with Gasteiger partial charge in [0, 0.05) is 18.2 Å². The molecule has 1 saturated carbocycles. The Kier molecular flexibility index (Phi) is 3.20. The highest BCUT2D eigenvalue weighted by atomic mass is 16.3. The first-order valence-corrected chi connectivity index (χ1v) is 6.64. The van der Waals surface area contributed by atoms with E-state index in [4.69, 9.17) is 4.42 Å². The monoisotopic (exact) mass is 241 g/mol. The van der Waals surface area contributed by atoms with Crippen molar-refractivity contribution < 1.29 is 4.42 Å². The van der Waals surface area contributed by atoms with Crippen molar-refractivity contribution in [2.75, 3.05) is 0 Å². The van der Waals surface area contributed by atoms with E-state index < -0.39 is 0 Å². The molecule has 1 fully saturated rings. The van der Waals surface area contributed by atoms with Crippen LogP contribution >= 0.6 is 0 Å². The lowest BCUT2D eigenvalue weighted by Crippen LogP contribution is -2.22. The highest BCUT2D eigenvalue weighted by Gasteiger charge is 2.31. The van der Waals surface area contributed by atoms with E-state index in [0.717, 1.165) is 12.5 Å². The lowest BCUT2D eigenvalue weighted by Gasteiger charge is -2.18. The van der Waals surface area contributed by atoms with Crippen LogP contribution in [0.1, 0.15) is 35.6 Å². The van der Waals surface area contributed by atoms with E-state index in [1.807, 2.05) is 12.3 Å². The Bertz CT molecular complexity index is 482. The molecule has 1 atom stereocenters. The van der Waals surface area contributed by atoms with Crippen LogP contribution in [0.4, 0.5) is 0 Å². The molecule has 1 aromatic carbocycles. The predicted molar refractivity (Wildman–Crippen MR) is 72.2 cm³/mol. The Balaban J connectivity index is 1.70. The summed E-state index contributed by atoms with van der Waals surface area (Å²) in [6.45, 7) is 3.01. The van der Waals surface area contributed by atoms with Crippen LogP contribution < -0.4 is 5.32 Å². The van der Waals surface area contributed by atoms with Crippen LogP contribution in [0.2, 0.25) is 0 Å². The first-order chi connectivity index (χ1) is 8.83. The molecule has 0 saturated heterocycles. The number of benzene rings is 1. The van der Waals surface area contributed by atoms with Gasteiger partial charge >= 0.3 is 0 Å². The maximum Gasteiger partial charge on any atom is 0.0947 e. The van der Waals surface area contributed by atoms with Gasteiger partial charge in [-0.25, -0.2) is 0 Å². The summed E-state index contributed by atoms with van der Waals surface area (Å²) >= 11 is 0. The maximum atomic E-state index is 5.10. The number of rotatable bonds is 5. The summed E-state index contributed by atoms with van der Waals surface area (Å²) < 4.78 is 5.10. The van der Waals surface area contributed by atoms with Crippen molar-refractivity contribution >= 4 is 0 Å². The number of hydrogen-bond donors (Lipinski definition) is 1. The Morgan fingerprint density at radius 2 is 2.00 bits per heavy atom. The standard InChI is InChI=1S/C16H19NO/c1-12-2-4-14(5-3-12)16(15-6-7-15)17-10-13-8-9-18-11-13/h2-5,8-9,11,15-17H,6-7,10H2,1H3. The lowest BCUT2D eigenvalue weighted by molar-refractivity contribution is 0.477. The van der Waals surface area contributed by atoms with Gasteiger partial charge in [-0.3, -0.25) is 0 Å². The normalized spacial score (nSPS) is 16.7. The van der Waals surface area contributed by atoms with Gasteiger partial charge in [-0.05, 0) is 37.3 Å². The molecule has 0 radical (unpaired) electrons. The Hall–Kier alpha value is -1.54. The van der Waals surface area contributed by atoms with Gasteiger partial charge in [-0.15, -0.1) is 0 Å². The Morgan fingerprint density at radius 3 is 2.61 bits per heavy atom. The molecule has 0 amide bonds. The average molecular weight is 241 g/mol. The fourth-order valence-corrected chi connectivity index (χ4v) is 2.38. The van der Waals surface area contributed by atoms with Gasteiger partial charge in [0.2, 0.25) is 0 Å². The zero-order chi connectivity index (χ0) is 12.4. The van der Waals surface area contributed by atoms with Crippen molar-refractivity contribution in [1.82, 2.24) is 5.32 Å². The number of furan rings is 1. The van der Waals surface area contributed by atoms with E-state index in [1.165, 1.54) is 29.5 Å². The van der Waals surface area contributed by atoms with E-state index in [2.05, 4.69) is 36.5 Å². The fraction of sp³-hybridized carbons (Fsp3) is 0.375. The van der Waals surface area contributed by atoms with Crippen LogP contribution in [0.3, 0.4) is 0 Å². The molecule has 2 heteroatoms. The van der Waals surface area contributed by atoms with E-state index in [9.17, 15) is 0 Å². The molecule has 1 aliphatic rings. The minimum Gasteiger partial charge on any atom is -0.472 e. The largest absolute Gasteiger partial charge is 0.472 e. The van der Waals surface area contributed by atoms with Gasteiger partial charge in [0.15, 0.2) is 0 Å². The summed E-state index contributed by atoms with van der Waals surface area (Å²) in [5, 5.41) is 3.66. The summed E-state index contributed by atoms with van der Waals surface area (Å²) in [6, 6.07) is 11.4. The van der Waals surface area contributed by atoms with Gasteiger partial charge in [0.25, 0.3) is 0 Å². The molecule has 1 heterocycles. The number of aryl methyl sites for hydroxylation is 1. The van der Waals surface area contributed by atoms with Gasteiger partial charge in [-0.1, -0.05) is 29.8 Å². The minimum absolute atomic E-state index is 0.487. The van der Waals surface area contributed by atoms with Crippen LogP contribution in [-0.4, -0.2) is 0 Å². The topological polar surface area (TPSA) is 25.2 Å². The molecule has 2 nitrogen and oxygen atoms in total. The molecule has 0 bridgehead atoms. The molecule has 0 spiro atoms. The fourth-order valence-electron chi connectivity index (χ4n) is 2.38. The van der Waals surface area contributed by atoms with Crippen LogP contribution in [0.15, 0.2) is 47.3 Å². The smallest absolute Gasteiger partial charge is 0.0947 e. The third-order valence-electron chi connectivity index (χ3n) is 3.64. The van der Waals surface area contributed by atoms with Crippen molar-refractivity contribution in [2.24, 2.45) is 5.92 Å². The van der Waals surface area contributed by atoms with Crippen LogP contribution in [0.25, 0.3) is 0 Å². The molecule has 1 aromatic heterocycles. The SMILES string of the molecule is Cc1ccc(C(NCc2ccoc2)C2CC2)cc1. The first-order valence-electron chi connectivity index (χ1n) is 6.64. The highest BCUT2D eigenvalue weighted by Crippen LogP contribution is 2.41. The van der Waals surface area contributed by atoms with Gasteiger partial charge in [0.1, 0.15) is 0 Å². The zero-order valence-electron chi connectivity index (χ0n) is 10.7. The Labute approximate surface area is 108 Å². The van der Waals surface area contributed by atoms with E-state index in [0.29, 0.717) is 6.04 Å². The van der Waals surface area contributed by atoms with Gasteiger partial charge in [-0.2, -0.15) is 0 Å².